The van der Waals surface area contributed by atoms with Crippen molar-refractivity contribution < 1.29 is 11.9 Å². The molecule has 0 saturated carbocycles. The van der Waals surface area contributed by atoms with Gasteiger partial charge in [0.2, 0.25) is 0 Å². The van der Waals surface area contributed by atoms with Gasteiger partial charge in [-0.25, -0.2) is 14.1 Å². The van der Waals surface area contributed by atoms with E-state index in [4.69, 9.17) is 2.74 Å². The highest BCUT2D eigenvalue weighted by atomic mass is 19.1. The molecular formula is C19H17FN6O. The van der Waals surface area contributed by atoms with E-state index in [9.17, 15) is 9.18 Å². The molecule has 7 nitrogen and oxygen atoms in total. The number of anilines is 2. The predicted molar refractivity (Wildman–Crippen MR) is 97.8 cm³/mol. The van der Waals surface area contributed by atoms with E-state index < -0.39 is 6.17 Å². The summed E-state index contributed by atoms with van der Waals surface area (Å²) in [5.41, 5.74) is 2.21. The van der Waals surface area contributed by atoms with Gasteiger partial charge in [0.15, 0.2) is 0 Å². The van der Waals surface area contributed by atoms with Crippen molar-refractivity contribution in [2.45, 2.75) is 19.1 Å². The number of aromatic nitrogens is 4. The largest absolute Gasteiger partial charge is 0.354 e. The number of halogens is 1. The average molecular weight is 368 g/mol. The number of amides is 1. The Hall–Kier alpha value is -3.29. The molecular weight excluding hydrogens is 347 g/mol. The second-order valence-electron chi connectivity index (χ2n) is 6.60. The van der Waals surface area contributed by atoms with Gasteiger partial charge in [-0.3, -0.25) is 9.78 Å². The molecule has 0 radical (unpaired) electrons. The fourth-order valence-corrected chi connectivity index (χ4v) is 3.43. The Labute approximate surface area is 157 Å². The molecule has 1 amide bonds. The van der Waals surface area contributed by atoms with Gasteiger partial charge in [-0.1, -0.05) is 0 Å². The van der Waals surface area contributed by atoms with Crippen LogP contribution in [0.3, 0.4) is 0 Å². The van der Waals surface area contributed by atoms with Crippen molar-refractivity contribution >= 4 is 17.4 Å². The Balaban J connectivity index is 1.40. The molecule has 0 aromatic carbocycles. The van der Waals surface area contributed by atoms with Crippen LogP contribution in [-0.4, -0.2) is 44.9 Å². The van der Waals surface area contributed by atoms with E-state index in [1.807, 2.05) is 0 Å². The van der Waals surface area contributed by atoms with E-state index in [1.165, 1.54) is 15.8 Å². The summed E-state index contributed by atoms with van der Waals surface area (Å²) in [5, 5.41) is 4.48. The van der Waals surface area contributed by atoms with Gasteiger partial charge in [0.05, 0.1) is 50.9 Å². The molecule has 0 N–H and O–H groups in total. The van der Waals surface area contributed by atoms with Gasteiger partial charge in [-0.15, -0.1) is 0 Å². The predicted octanol–water partition coefficient (Wildman–Crippen LogP) is 2.37. The monoisotopic (exact) mass is 368 g/mol. The molecule has 1 fully saturated rings. The number of carbonyl (C=O) groups excluding carboxylic acids is 1. The van der Waals surface area contributed by atoms with Crippen molar-refractivity contribution in [1.82, 2.24) is 19.7 Å². The molecule has 8 heteroatoms. The highest BCUT2D eigenvalue weighted by Crippen LogP contribution is 2.28. The van der Waals surface area contributed by atoms with E-state index in [2.05, 4.69) is 15.1 Å². The number of alkyl halides is 1. The lowest BCUT2D eigenvalue weighted by atomic mass is 10.3. The zero-order valence-corrected chi connectivity index (χ0v) is 14.3. The highest BCUT2D eigenvalue weighted by molar-refractivity contribution is 6.09. The standard InChI is InChI=1S/C19H17FN6O/c20-13-5-7-24(10-13)18-4-3-15(9-22-18)26-11-16-17(23-26)12-25(19(16)27)14-2-1-6-21-8-14/h1-4,6,8-9,11,13H,5,7,10,12H2/t13-/m1/s1/i1T,4T. The van der Waals surface area contributed by atoms with Crippen LogP contribution < -0.4 is 9.80 Å². The Morgan fingerprint density at radius 1 is 1.26 bits per heavy atom. The summed E-state index contributed by atoms with van der Waals surface area (Å²) >= 11 is 0. The maximum atomic E-state index is 13.4. The molecule has 1 atom stereocenters. The molecule has 0 aliphatic carbocycles. The molecule has 136 valence electrons. The lowest BCUT2D eigenvalue weighted by Gasteiger charge is -2.16. The summed E-state index contributed by atoms with van der Waals surface area (Å²) in [6.45, 7) is 1.10. The van der Waals surface area contributed by atoms with Gasteiger partial charge < -0.3 is 9.80 Å². The third-order valence-corrected chi connectivity index (χ3v) is 4.84. The first-order valence-corrected chi connectivity index (χ1v) is 8.67. The fourth-order valence-electron chi connectivity index (χ4n) is 3.43. The number of rotatable bonds is 3. The molecule has 0 bridgehead atoms. The Kier molecular flexibility index (Phi) is 3.16. The van der Waals surface area contributed by atoms with Crippen LogP contribution in [0.2, 0.25) is 0 Å². The molecule has 0 unspecified atom stereocenters. The summed E-state index contributed by atoms with van der Waals surface area (Å²) in [6.07, 6.45) is 5.73. The third-order valence-electron chi connectivity index (χ3n) is 4.84. The minimum absolute atomic E-state index is 0.193. The summed E-state index contributed by atoms with van der Waals surface area (Å²) in [5.74, 6) is 0.249. The minimum atomic E-state index is -0.884. The fraction of sp³-hybridized carbons (Fsp3) is 0.263. The van der Waals surface area contributed by atoms with Crippen LogP contribution in [-0.2, 0) is 6.54 Å². The van der Waals surface area contributed by atoms with E-state index in [0.29, 0.717) is 41.4 Å². The number of fused-ring (bicyclic) bond motifs is 1. The van der Waals surface area contributed by atoms with Gasteiger partial charge >= 0.3 is 0 Å². The van der Waals surface area contributed by atoms with Gasteiger partial charge in [0.1, 0.15) is 12.0 Å². The van der Waals surface area contributed by atoms with Gasteiger partial charge in [-0.2, -0.15) is 5.10 Å². The second-order valence-corrected chi connectivity index (χ2v) is 6.60. The molecule has 3 aromatic heterocycles. The van der Waals surface area contributed by atoms with E-state index >= 15 is 0 Å². The average Bonchev–Trinajstić information content (AvgIpc) is 3.38. The van der Waals surface area contributed by atoms with Crippen LogP contribution in [0.1, 0.15) is 25.2 Å². The normalized spacial score (nSPS) is 20.0. The molecule has 1 saturated heterocycles. The van der Waals surface area contributed by atoms with Crippen molar-refractivity contribution in [1.29, 1.82) is 0 Å². The first-order chi connectivity index (χ1) is 14.0. The number of carbonyl (C=O) groups is 1. The first kappa shape index (κ1) is 13.9. The van der Waals surface area contributed by atoms with Crippen molar-refractivity contribution in [3.63, 3.8) is 0 Å². The van der Waals surface area contributed by atoms with Crippen LogP contribution in [0.25, 0.3) is 5.69 Å². The number of hydrogen-bond acceptors (Lipinski definition) is 5. The molecule has 27 heavy (non-hydrogen) atoms. The molecule has 2 aliphatic rings. The Morgan fingerprint density at radius 3 is 2.93 bits per heavy atom. The topological polar surface area (TPSA) is 67.2 Å². The molecule has 5 heterocycles. The Bertz CT molecular complexity index is 1120. The van der Waals surface area contributed by atoms with Gasteiger partial charge in [0, 0.05) is 18.9 Å². The van der Waals surface area contributed by atoms with Crippen molar-refractivity contribution in [2.75, 3.05) is 22.9 Å². The number of nitrogens with zero attached hydrogens (tertiary/aromatic N) is 6. The molecule has 2 aliphatic heterocycles. The zero-order chi connectivity index (χ0) is 20.1. The van der Waals surface area contributed by atoms with E-state index in [-0.39, 0.29) is 31.1 Å². The molecule has 3 aromatic rings. The number of pyridine rings is 2. The first-order valence-electron chi connectivity index (χ1n) is 9.67. The lowest BCUT2D eigenvalue weighted by molar-refractivity contribution is 0.0996. The van der Waals surface area contributed by atoms with Crippen LogP contribution in [0.4, 0.5) is 15.9 Å². The van der Waals surface area contributed by atoms with Crippen molar-refractivity contribution in [2.24, 2.45) is 0 Å². The zero-order valence-electron chi connectivity index (χ0n) is 16.3. The smallest absolute Gasteiger partial charge is 0.262 e. The highest BCUT2D eigenvalue weighted by Gasteiger charge is 2.32. The van der Waals surface area contributed by atoms with E-state index in [1.54, 1.807) is 35.6 Å². The molecule has 0 spiro atoms. The molecule has 5 rings (SSSR count). The lowest BCUT2D eigenvalue weighted by Crippen LogP contribution is -2.24. The minimum Gasteiger partial charge on any atom is -0.354 e. The van der Waals surface area contributed by atoms with Crippen LogP contribution in [0.5, 0.6) is 0 Å². The van der Waals surface area contributed by atoms with Gasteiger partial charge in [-0.05, 0) is 30.6 Å². The third kappa shape index (κ3) is 2.73. The maximum Gasteiger partial charge on any atom is 0.262 e. The quantitative estimate of drug-likeness (QED) is 0.710. The van der Waals surface area contributed by atoms with Crippen LogP contribution in [0.15, 0.2) is 49.0 Å². The van der Waals surface area contributed by atoms with Gasteiger partial charge in [0.25, 0.3) is 5.91 Å². The summed E-state index contributed by atoms with van der Waals surface area (Å²) < 4.78 is 30.9. The van der Waals surface area contributed by atoms with Crippen LogP contribution in [0, 0.1) is 0 Å². The second kappa shape index (κ2) is 6.15. The number of hydrogen-bond donors (Lipinski definition) is 0. The maximum absolute atomic E-state index is 13.4. The van der Waals surface area contributed by atoms with Crippen molar-refractivity contribution in [3.05, 3.63) is 60.3 Å². The van der Waals surface area contributed by atoms with Crippen molar-refractivity contribution in [3.8, 4) is 5.69 Å². The van der Waals surface area contributed by atoms with E-state index in [0.717, 1.165) is 0 Å². The SMILES string of the molecule is [3H]c1cncc(N2Cc3nn(-c4cnc(N5CC[C@@H](F)C5)c([3H])c4)cc3C2=O)c1. The summed E-state index contributed by atoms with van der Waals surface area (Å²) in [4.78, 5) is 24.4. The summed E-state index contributed by atoms with van der Waals surface area (Å²) in [7, 11) is 0. The Morgan fingerprint density at radius 2 is 2.19 bits per heavy atom. The summed E-state index contributed by atoms with van der Waals surface area (Å²) in [6, 6.07) is 3.63. The van der Waals surface area contributed by atoms with Crippen LogP contribution >= 0.6 is 0 Å².